The fourth-order valence-electron chi connectivity index (χ4n) is 3.36. The van der Waals surface area contributed by atoms with E-state index in [-0.39, 0.29) is 0 Å². The van der Waals surface area contributed by atoms with E-state index in [1.807, 2.05) is 30.3 Å². The molecular weight excluding hydrogens is 297 g/mol. The van der Waals surface area contributed by atoms with Crippen molar-refractivity contribution in [3.05, 3.63) is 72.1 Å². The van der Waals surface area contributed by atoms with Gasteiger partial charge in [-0.25, -0.2) is 13.2 Å². The van der Waals surface area contributed by atoms with Crippen LogP contribution in [0.2, 0.25) is 0 Å². The summed E-state index contributed by atoms with van der Waals surface area (Å²) in [5.41, 5.74) is 2.29. The summed E-state index contributed by atoms with van der Waals surface area (Å²) in [6, 6.07) is 9.77. The lowest BCUT2D eigenvalue weighted by atomic mass is 9.78. The molecule has 0 saturated heterocycles. The summed E-state index contributed by atoms with van der Waals surface area (Å²) in [5.74, 6) is -2.60. The minimum atomic E-state index is -1.43. The maximum atomic E-state index is 13.3. The zero-order chi connectivity index (χ0) is 16.4. The van der Waals surface area contributed by atoms with Gasteiger partial charge in [-0.15, -0.1) is 6.58 Å². The molecule has 0 aliphatic heterocycles. The highest BCUT2D eigenvalue weighted by atomic mass is 19.2. The molecule has 1 saturated carbocycles. The van der Waals surface area contributed by atoms with Crippen molar-refractivity contribution in [2.75, 3.05) is 0 Å². The van der Waals surface area contributed by atoms with E-state index in [1.54, 1.807) is 0 Å². The number of halogens is 3. The fourth-order valence-corrected chi connectivity index (χ4v) is 3.36. The summed E-state index contributed by atoms with van der Waals surface area (Å²) >= 11 is 0. The Morgan fingerprint density at radius 3 is 1.91 bits per heavy atom. The molecule has 1 aliphatic carbocycles. The van der Waals surface area contributed by atoms with Crippen LogP contribution in [0.4, 0.5) is 13.2 Å². The highest BCUT2D eigenvalue weighted by Gasteiger charge is 2.20. The number of hydrogen-bond donors (Lipinski definition) is 0. The molecule has 0 heterocycles. The Labute approximate surface area is 134 Å². The lowest BCUT2D eigenvalue weighted by Gasteiger charge is -2.27. The van der Waals surface area contributed by atoms with E-state index < -0.39 is 17.5 Å². The summed E-state index contributed by atoms with van der Waals surface area (Å²) in [7, 11) is 0. The Bertz CT molecular complexity index is 672. The molecule has 0 aromatic heterocycles. The van der Waals surface area contributed by atoms with Crippen molar-refractivity contribution >= 4 is 0 Å². The first-order valence-corrected chi connectivity index (χ1v) is 7.96. The minimum Gasteiger partial charge on any atom is -0.204 e. The molecular formula is C20H19F3. The van der Waals surface area contributed by atoms with Crippen LogP contribution in [0, 0.1) is 23.4 Å². The third kappa shape index (κ3) is 3.34. The Morgan fingerprint density at radius 2 is 1.39 bits per heavy atom. The third-order valence-electron chi connectivity index (χ3n) is 4.80. The molecule has 120 valence electrons. The predicted octanol–water partition coefficient (Wildman–Crippen LogP) is 6.23. The number of rotatable bonds is 3. The average molecular weight is 316 g/mol. The summed E-state index contributed by atoms with van der Waals surface area (Å²) < 4.78 is 39.7. The standard InChI is InChI=1S/C20H19F3/c1-2-13-3-5-14(6-4-13)15-7-9-16(10-8-15)17-11-18(21)20(23)19(22)12-17/h2,7-14H,1,3-6H2. The van der Waals surface area contributed by atoms with Crippen molar-refractivity contribution in [1.82, 2.24) is 0 Å². The van der Waals surface area contributed by atoms with Crippen molar-refractivity contribution in [3.8, 4) is 11.1 Å². The Kier molecular flexibility index (Phi) is 4.56. The third-order valence-corrected chi connectivity index (χ3v) is 4.80. The van der Waals surface area contributed by atoms with Gasteiger partial charge in [0.05, 0.1) is 0 Å². The monoisotopic (exact) mass is 316 g/mol. The summed E-state index contributed by atoms with van der Waals surface area (Å²) in [5, 5.41) is 0. The molecule has 2 aromatic carbocycles. The lowest BCUT2D eigenvalue weighted by molar-refractivity contribution is 0.376. The van der Waals surface area contributed by atoms with E-state index in [9.17, 15) is 13.2 Å². The molecule has 2 aromatic rings. The van der Waals surface area contributed by atoms with Gasteiger partial charge in [-0.05, 0) is 66.3 Å². The molecule has 1 aliphatic rings. The highest BCUT2D eigenvalue weighted by Crippen LogP contribution is 2.36. The second-order valence-corrected chi connectivity index (χ2v) is 6.22. The number of allylic oxidation sites excluding steroid dienone is 1. The van der Waals surface area contributed by atoms with Crippen LogP contribution in [0.1, 0.15) is 37.2 Å². The van der Waals surface area contributed by atoms with Gasteiger partial charge < -0.3 is 0 Å². The van der Waals surface area contributed by atoms with Gasteiger partial charge in [-0.2, -0.15) is 0 Å². The first-order valence-electron chi connectivity index (χ1n) is 7.96. The topological polar surface area (TPSA) is 0 Å². The van der Waals surface area contributed by atoms with Crippen molar-refractivity contribution < 1.29 is 13.2 Å². The van der Waals surface area contributed by atoms with Crippen molar-refractivity contribution in [2.24, 2.45) is 5.92 Å². The first kappa shape index (κ1) is 15.9. The maximum absolute atomic E-state index is 13.3. The second kappa shape index (κ2) is 6.61. The Balaban J connectivity index is 1.79. The van der Waals surface area contributed by atoms with Gasteiger partial charge in [-0.3, -0.25) is 0 Å². The van der Waals surface area contributed by atoms with Crippen molar-refractivity contribution in [1.29, 1.82) is 0 Å². The molecule has 0 unspecified atom stereocenters. The average Bonchev–Trinajstić information content (AvgIpc) is 2.59. The van der Waals surface area contributed by atoms with Gasteiger partial charge in [0, 0.05) is 0 Å². The van der Waals surface area contributed by atoms with Gasteiger partial charge >= 0.3 is 0 Å². The quantitative estimate of drug-likeness (QED) is 0.465. The zero-order valence-corrected chi connectivity index (χ0v) is 12.9. The van der Waals surface area contributed by atoms with Gasteiger partial charge in [0.15, 0.2) is 17.5 Å². The highest BCUT2D eigenvalue weighted by molar-refractivity contribution is 5.64. The molecule has 23 heavy (non-hydrogen) atoms. The van der Waals surface area contributed by atoms with E-state index in [0.717, 1.165) is 37.8 Å². The van der Waals surface area contributed by atoms with Gasteiger partial charge in [-0.1, -0.05) is 30.3 Å². The molecule has 0 radical (unpaired) electrons. The number of benzene rings is 2. The summed E-state index contributed by atoms with van der Waals surface area (Å²) in [6.07, 6.45) is 6.62. The zero-order valence-electron chi connectivity index (χ0n) is 12.9. The van der Waals surface area contributed by atoms with Crippen LogP contribution in [0.25, 0.3) is 11.1 Å². The van der Waals surface area contributed by atoms with E-state index in [2.05, 4.69) is 6.58 Å². The molecule has 0 spiro atoms. The van der Waals surface area contributed by atoms with Crippen LogP contribution < -0.4 is 0 Å². The van der Waals surface area contributed by atoms with Crippen LogP contribution >= 0.6 is 0 Å². The van der Waals surface area contributed by atoms with E-state index >= 15 is 0 Å². The van der Waals surface area contributed by atoms with Gasteiger partial charge in [0.1, 0.15) is 0 Å². The Hall–Kier alpha value is -2.03. The first-order chi connectivity index (χ1) is 11.1. The van der Waals surface area contributed by atoms with E-state index in [4.69, 9.17) is 0 Å². The van der Waals surface area contributed by atoms with Crippen molar-refractivity contribution in [3.63, 3.8) is 0 Å². The lowest BCUT2D eigenvalue weighted by Crippen LogP contribution is -2.11. The SMILES string of the molecule is C=CC1CCC(c2ccc(-c3cc(F)c(F)c(F)c3)cc2)CC1. The predicted molar refractivity (Wildman–Crippen MR) is 86.6 cm³/mol. The normalized spacial score (nSPS) is 21.2. The van der Waals surface area contributed by atoms with Gasteiger partial charge in [0.25, 0.3) is 0 Å². The molecule has 0 nitrogen and oxygen atoms in total. The number of hydrogen-bond acceptors (Lipinski definition) is 0. The van der Waals surface area contributed by atoms with Gasteiger partial charge in [0.2, 0.25) is 0 Å². The van der Waals surface area contributed by atoms with Crippen LogP contribution in [0.15, 0.2) is 49.1 Å². The molecule has 0 amide bonds. The Morgan fingerprint density at radius 1 is 0.826 bits per heavy atom. The molecule has 1 fully saturated rings. The smallest absolute Gasteiger partial charge is 0.194 e. The minimum absolute atomic E-state index is 0.350. The summed E-state index contributed by atoms with van der Waals surface area (Å²) in [4.78, 5) is 0. The van der Waals surface area contributed by atoms with Crippen LogP contribution in [-0.2, 0) is 0 Å². The molecule has 3 rings (SSSR count). The van der Waals surface area contributed by atoms with E-state index in [0.29, 0.717) is 23.0 Å². The van der Waals surface area contributed by atoms with Crippen LogP contribution in [-0.4, -0.2) is 0 Å². The largest absolute Gasteiger partial charge is 0.204 e. The maximum Gasteiger partial charge on any atom is 0.194 e. The molecule has 0 atom stereocenters. The molecule has 0 bridgehead atoms. The summed E-state index contributed by atoms with van der Waals surface area (Å²) in [6.45, 7) is 3.86. The van der Waals surface area contributed by atoms with E-state index in [1.165, 1.54) is 5.56 Å². The second-order valence-electron chi connectivity index (χ2n) is 6.22. The van der Waals surface area contributed by atoms with Crippen molar-refractivity contribution in [2.45, 2.75) is 31.6 Å². The van der Waals surface area contributed by atoms with Crippen LogP contribution in [0.3, 0.4) is 0 Å². The molecule has 0 N–H and O–H groups in total. The van der Waals surface area contributed by atoms with Crippen LogP contribution in [0.5, 0.6) is 0 Å². The molecule has 3 heteroatoms. The fraction of sp³-hybridized carbons (Fsp3) is 0.300.